The van der Waals surface area contributed by atoms with Gasteiger partial charge in [0.25, 0.3) is 0 Å². The number of hydrogen-bond acceptors (Lipinski definition) is 5. The minimum atomic E-state index is -3.39. The minimum Gasteiger partial charge on any atom is -0.481 e. The Hall–Kier alpha value is -1.76. The topological polar surface area (TPSA) is 89.9 Å². The van der Waals surface area contributed by atoms with Gasteiger partial charge in [0.05, 0.1) is 11.2 Å². The van der Waals surface area contributed by atoms with Gasteiger partial charge in [0.1, 0.15) is 0 Å². The van der Waals surface area contributed by atoms with Crippen LogP contribution in [0.5, 0.6) is 11.5 Å². The number of carbonyl (C=O) groups is 1. The van der Waals surface area contributed by atoms with E-state index in [1.54, 1.807) is 18.2 Å². The normalized spacial score (nSPS) is 28.2. The molecule has 1 heterocycles. The summed E-state index contributed by atoms with van der Waals surface area (Å²) in [6.45, 7) is 0.126. The first-order chi connectivity index (χ1) is 8.89. The summed E-state index contributed by atoms with van der Waals surface area (Å²) >= 11 is 0. The zero-order chi connectivity index (χ0) is 13.8. The predicted octanol–water partition coefficient (Wildman–Crippen LogP) is 0.626. The number of hydrogen-bond donors (Lipinski definition) is 1. The zero-order valence-electron chi connectivity index (χ0n) is 10.1. The van der Waals surface area contributed by atoms with Crippen molar-refractivity contribution in [1.82, 2.24) is 0 Å². The molecule has 3 atom stereocenters. The molecular formula is C12H12O6S. The number of aliphatic carboxylic acids is 1. The average Bonchev–Trinajstić information content (AvgIpc) is 2.93. The Bertz CT molecular complexity index is 650. The van der Waals surface area contributed by atoms with Crippen molar-refractivity contribution in [1.29, 1.82) is 0 Å². The fourth-order valence-electron chi connectivity index (χ4n) is 2.63. The minimum absolute atomic E-state index is 0.126. The van der Waals surface area contributed by atoms with Crippen LogP contribution in [0.15, 0.2) is 18.2 Å². The SMILES string of the molecule is CS(=O)(=O)C1C(C(=O)O)C1c1ccc2c(c1)OCO2. The van der Waals surface area contributed by atoms with Crippen molar-refractivity contribution in [2.24, 2.45) is 5.92 Å². The second-order valence-electron chi connectivity index (χ2n) is 4.80. The van der Waals surface area contributed by atoms with E-state index in [2.05, 4.69) is 0 Å². The molecule has 3 unspecified atom stereocenters. The van der Waals surface area contributed by atoms with Crippen LogP contribution in [0.25, 0.3) is 0 Å². The molecule has 0 radical (unpaired) electrons. The van der Waals surface area contributed by atoms with Crippen LogP contribution in [-0.4, -0.2) is 37.8 Å². The van der Waals surface area contributed by atoms with Crippen LogP contribution in [0.2, 0.25) is 0 Å². The summed E-state index contributed by atoms with van der Waals surface area (Å²) in [5.74, 6) is -1.36. The van der Waals surface area contributed by atoms with Gasteiger partial charge in [0, 0.05) is 12.2 Å². The van der Waals surface area contributed by atoms with E-state index in [9.17, 15) is 13.2 Å². The molecule has 0 bridgehead atoms. The van der Waals surface area contributed by atoms with Crippen molar-refractivity contribution < 1.29 is 27.8 Å². The highest BCUT2D eigenvalue weighted by Gasteiger charge is 2.61. The number of sulfone groups is 1. The van der Waals surface area contributed by atoms with Crippen LogP contribution in [-0.2, 0) is 14.6 Å². The van der Waals surface area contributed by atoms with Crippen LogP contribution in [0.1, 0.15) is 11.5 Å². The Morgan fingerprint density at radius 2 is 2.00 bits per heavy atom. The van der Waals surface area contributed by atoms with E-state index in [1.807, 2.05) is 0 Å². The van der Waals surface area contributed by atoms with Gasteiger partial charge in [-0.2, -0.15) is 0 Å². The van der Waals surface area contributed by atoms with Crippen molar-refractivity contribution in [3.8, 4) is 11.5 Å². The summed E-state index contributed by atoms with van der Waals surface area (Å²) < 4.78 is 33.6. The number of benzene rings is 1. The van der Waals surface area contributed by atoms with Crippen LogP contribution < -0.4 is 9.47 Å². The van der Waals surface area contributed by atoms with E-state index in [0.29, 0.717) is 17.1 Å². The quantitative estimate of drug-likeness (QED) is 0.875. The van der Waals surface area contributed by atoms with Gasteiger partial charge in [-0.3, -0.25) is 4.79 Å². The van der Waals surface area contributed by atoms with Crippen molar-refractivity contribution >= 4 is 15.8 Å². The van der Waals surface area contributed by atoms with Gasteiger partial charge in [-0.05, 0) is 17.7 Å². The number of fused-ring (bicyclic) bond motifs is 1. The lowest BCUT2D eigenvalue weighted by Gasteiger charge is -2.01. The Morgan fingerprint density at radius 3 is 2.58 bits per heavy atom. The average molecular weight is 284 g/mol. The first kappa shape index (κ1) is 12.3. The second kappa shape index (κ2) is 3.86. The van der Waals surface area contributed by atoms with Gasteiger partial charge >= 0.3 is 5.97 Å². The first-order valence-corrected chi connectivity index (χ1v) is 7.66. The third-order valence-electron chi connectivity index (χ3n) is 3.51. The predicted molar refractivity (Wildman–Crippen MR) is 65.1 cm³/mol. The largest absolute Gasteiger partial charge is 0.481 e. The van der Waals surface area contributed by atoms with Gasteiger partial charge in [0.2, 0.25) is 6.79 Å². The summed E-state index contributed by atoms with van der Waals surface area (Å²) in [6.07, 6.45) is 1.07. The molecule has 102 valence electrons. The Labute approximate surface area is 109 Å². The van der Waals surface area contributed by atoms with E-state index in [-0.39, 0.29) is 6.79 Å². The molecule has 7 heteroatoms. The van der Waals surface area contributed by atoms with E-state index >= 15 is 0 Å². The van der Waals surface area contributed by atoms with Gasteiger partial charge in [-0.15, -0.1) is 0 Å². The van der Waals surface area contributed by atoms with Crippen LogP contribution in [0.4, 0.5) is 0 Å². The molecule has 0 saturated heterocycles. The number of carboxylic acid groups (broad SMARTS) is 1. The maximum Gasteiger partial charge on any atom is 0.308 e. The molecule has 6 nitrogen and oxygen atoms in total. The summed E-state index contributed by atoms with van der Waals surface area (Å²) in [5.41, 5.74) is 0.659. The van der Waals surface area contributed by atoms with Crippen LogP contribution in [0, 0.1) is 5.92 Å². The Morgan fingerprint density at radius 1 is 1.32 bits per heavy atom. The highest BCUT2D eigenvalue weighted by molar-refractivity contribution is 7.91. The highest BCUT2D eigenvalue weighted by Crippen LogP contribution is 2.53. The van der Waals surface area contributed by atoms with Gasteiger partial charge in [0.15, 0.2) is 21.3 Å². The molecule has 1 saturated carbocycles. The van der Waals surface area contributed by atoms with Gasteiger partial charge in [-0.25, -0.2) is 8.42 Å². The summed E-state index contributed by atoms with van der Waals surface area (Å²) in [6, 6.07) is 5.03. The van der Waals surface area contributed by atoms with Crippen molar-refractivity contribution in [3.63, 3.8) is 0 Å². The number of rotatable bonds is 3. The van der Waals surface area contributed by atoms with Gasteiger partial charge < -0.3 is 14.6 Å². The number of carboxylic acids is 1. The Balaban J connectivity index is 1.96. The lowest BCUT2D eigenvalue weighted by Crippen LogP contribution is -2.10. The molecule has 3 rings (SSSR count). The lowest BCUT2D eigenvalue weighted by molar-refractivity contribution is -0.138. The van der Waals surface area contributed by atoms with Crippen LogP contribution >= 0.6 is 0 Å². The molecular weight excluding hydrogens is 272 g/mol. The first-order valence-electron chi connectivity index (χ1n) is 5.71. The molecule has 1 fully saturated rings. The second-order valence-corrected chi connectivity index (χ2v) is 7.00. The fraction of sp³-hybridized carbons (Fsp3) is 0.417. The van der Waals surface area contributed by atoms with Gasteiger partial charge in [-0.1, -0.05) is 6.07 Å². The fourth-order valence-corrected chi connectivity index (χ4v) is 4.21. The monoisotopic (exact) mass is 284 g/mol. The maximum atomic E-state index is 11.6. The van der Waals surface area contributed by atoms with E-state index in [1.165, 1.54) is 0 Å². The number of ether oxygens (including phenoxy) is 2. The molecule has 0 amide bonds. The molecule has 1 aliphatic carbocycles. The molecule has 0 aromatic heterocycles. The molecule has 0 spiro atoms. The van der Waals surface area contributed by atoms with Crippen LogP contribution in [0.3, 0.4) is 0 Å². The maximum absolute atomic E-state index is 11.6. The highest BCUT2D eigenvalue weighted by atomic mass is 32.2. The standard InChI is InChI=1S/C12H12O6S/c1-19(15,16)11-9(10(11)12(13)14)6-2-3-7-8(4-6)18-5-17-7/h2-4,9-11H,5H2,1H3,(H,13,14). The molecule has 1 aromatic carbocycles. The molecule has 1 aliphatic heterocycles. The third kappa shape index (κ3) is 1.94. The lowest BCUT2D eigenvalue weighted by atomic mass is 10.1. The summed E-state index contributed by atoms with van der Waals surface area (Å²) in [5, 5.41) is 8.24. The van der Waals surface area contributed by atoms with Crippen molar-refractivity contribution in [3.05, 3.63) is 23.8 Å². The molecule has 2 aliphatic rings. The summed E-state index contributed by atoms with van der Waals surface area (Å²) in [4.78, 5) is 11.1. The van der Waals surface area contributed by atoms with E-state index < -0.39 is 32.9 Å². The smallest absolute Gasteiger partial charge is 0.308 e. The zero-order valence-corrected chi connectivity index (χ0v) is 10.9. The van der Waals surface area contributed by atoms with Crippen molar-refractivity contribution in [2.75, 3.05) is 13.0 Å². The Kier molecular flexibility index (Phi) is 2.50. The molecule has 19 heavy (non-hydrogen) atoms. The van der Waals surface area contributed by atoms with E-state index in [0.717, 1.165) is 6.26 Å². The molecule has 1 aromatic rings. The molecule has 1 N–H and O–H groups in total. The third-order valence-corrected chi connectivity index (χ3v) is 5.09. The van der Waals surface area contributed by atoms with Crippen molar-refractivity contribution in [2.45, 2.75) is 11.2 Å². The summed E-state index contributed by atoms with van der Waals surface area (Å²) in [7, 11) is -3.39. The van der Waals surface area contributed by atoms with E-state index in [4.69, 9.17) is 14.6 Å².